The largest absolute Gasteiger partial charge is 0.490 e. The molecule has 0 aliphatic rings. The molecule has 3 atom stereocenters. The first kappa shape index (κ1) is 25.2. The van der Waals surface area contributed by atoms with Crippen molar-refractivity contribution in [1.82, 2.24) is 0 Å². The van der Waals surface area contributed by atoms with Gasteiger partial charge in [-0.1, -0.05) is 11.2 Å². The molecule has 0 aliphatic carbocycles. The highest BCUT2D eigenvalue weighted by atomic mass is 31.3. The first-order valence-corrected chi connectivity index (χ1v) is 11.5. The maximum atomic E-state index is 11.6. The molecule has 3 unspecified atom stereocenters. The number of phosphoric acid groups is 3. The van der Waals surface area contributed by atoms with Gasteiger partial charge in [0.15, 0.2) is 0 Å². The lowest BCUT2D eigenvalue weighted by molar-refractivity contribution is -0.383. The van der Waals surface area contributed by atoms with Crippen molar-refractivity contribution < 1.29 is 51.3 Å². The number of benzene rings is 1. The third-order valence-corrected chi connectivity index (χ3v) is 6.45. The highest BCUT2D eigenvalue weighted by Gasteiger charge is 2.40. The van der Waals surface area contributed by atoms with Crippen molar-refractivity contribution in [2.24, 2.45) is 5.11 Å². The van der Waals surface area contributed by atoms with Gasteiger partial charge in [0.1, 0.15) is 5.69 Å². The van der Waals surface area contributed by atoms with Crippen molar-refractivity contribution >= 4 is 40.5 Å². The summed E-state index contributed by atoms with van der Waals surface area (Å²) in [6, 6.07) is 2.51. The molecule has 17 nitrogen and oxygen atoms in total. The molecule has 1 rings (SSSR count). The average Bonchev–Trinajstić information content (AvgIpc) is 2.51. The minimum absolute atomic E-state index is 0.0364. The third kappa shape index (κ3) is 9.45. The van der Waals surface area contributed by atoms with Crippen LogP contribution in [0.4, 0.5) is 17.1 Å². The molecule has 0 amide bonds. The summed E-state index contributed by atoms with van der Waals surface area (Å²) in [4.78, 5) is 48.1. The molecule has 1 aromatic rings. The quantitative estimate of drug-likeness (QED) is 0.0767. The zero-order valence-electron chi connectivity index (χ0n) is 14.2. The molecule has 5 N–H and O–H groups in total. The number of nitrogens with zero attached hydrogens (tertiary/aromatic N) is 4. The smallest absolute Gasteiger partial charge is 0.375 e. The van der Waals surface area contributed by atoms with Crippen LogP contribution >= 0.6 is 23.5 Å². The lowest BCUT2D eigenvalue weighted by Gasteiger charge is -2.19. The molecule has 29 heavy (non-hydrogen) atoms. The van der Waals surface area contributed by atoms with Gasteiger partial charge in [-0.3, -0.25) is 14.6 Å². The van der Waals surface area contributed by atoms with Crippen LogP contribution in [0.25, 0.3) is 10.4 Å². The van der Waals surface area contributed by atoms with E-state index in [-0.39, 0.29) is 11.4 Å². The number of phosphoric ester groups is 1. The predicted molar refractivity (Wildman–Crippen MR) is 94.8 cm³/mol. The molecule has 1 aromatic carbocycles. The Morgan fingerprint density at radius 3 is 2.38 bits per heavy atom. The van der Waals surface area contributed by atoms with Gasteiger partial charge in [-0.2, -0.15) is 8.62 Å². The SMILES string of the molecule is CC(COP(=O)(O)OP(=O)(O)OP(=O)(O)O)Nc1ccc(N=[N+]=[N-])cc1[N+](=O)[O-]. The fourth-order valence-corrected chi connectivity index (χ4v) is 4.83. The molecule has 0 heterocycles. The van der Waals surface area contributed by atoms with Gasteiger partial charge in [-0.05, 0) is 18.5 Å². The average molecular weight is 477 g/mol. The van der Waals surface area contributed by atoms with Crippen LogP contribution in [-0.4, -0.2) is 37.1 Å². The second kappa shape index (κ2) is 9.76. The number of rotatable bonds is 11. The second-order valence-electron chi connectivity index (χ2n) is 5.08. The number of nitrogens with one attached hydrogen (secondary N) is 1. The standard InChI is InChI=1S/C9H14N5O12P3/c1-6(5-24-28(20,21)26-29(22,23)25-27(17,18)19)11-8-3-2-7(12-13-10)4-9(8)14(15)16/h2-4,6,11H,5H2,1H3,(H,20,21)(H,22,23)(H2,17,18,19). The van der Waals surface area contributed by atoms with Gasteiger partial charge in [-0.25, -0.2) is 13.7 Å². The van der Waals surface area contributed by atoms with Crippen molar-refractivity contribution in [2.45, 2.75) is 13.0 Å². The van der Waals surface area contributed by atoms with E-state index in [2.05, 4.69) is 28.5 Å². The number of anilines is 1. The Kier molecular flexibility index (Phi) is 8.47. The van der Waals surface area contributed by atoms with Crippen LogP contribution in [0.2, 0.25) is 0 Å². The normalized spacial score (nSPS) is 16.7. The predicted octanol–water partition coefficient (Wildman–Crippen LogP) is 2.68. The molecular formula is C9H14N5O12P3. The molecule has 0 radical (unpaired) electrons. The Labute approximate surface area is 161 Å². The fraction of sp³-hybridized carbons (Fsp3) is 0.333. The molecule has 0 spiro atoms. The van der Waals surface area contributed by atoms with Gasteiger partial charge in [-0.15, -0.1) is 0 Å². The van der Waals surface area contributed by atoms with E-state index < -0.39 is 46.7 Å². The molecule has 20 heteroatoms. The van der Waals surface area contributed by atoms with E-state index in [0.29, 0.717) is 0 Å². The zero-order chi connectivity index (χ0) is 22.5. The molecular weight excluding hydrogens is 463 g/mol. The number of azide groups is 1. The first-order chi connectivity index (χ1) is 13.1. The summed E-state index contributed by atoms with van der Waals surface area (Å²) in [5.74, 6) is 0. The summed E-state index contributed by atoms with van der Waals surface area (Å²) < 4.78 is 44.9. The maximum absolute atomic E-state index is 11.6. The van der Waals surface area contributed by atoms with Crippen LogP contribution in [0.1, 0.15) is 6.92 Å². The Balaban J connectivity index is 2.80. The van der Waals surface area contributed by atoms with Gasteiger partial charge < -0.3 is 24.9 Å². The Hall–Kier alpha value is -1.86. The summed E-state index contributed by atoms with van der Waals surface area (Å²) in [6.45, 7) is 0.634. The monoisotopic (exact) mass is 477 g/mol. The van der Waals surface area contributed by atoms with Crippen LogP contribution in [-0.2, 0) is 26.8 Å². The summed E-state index contributed by atoms with van der Waals surface area (Å²) in [5.41, 5.74) is 7.76. The van der Waals surface area contributed by atoms with Crippen LogP contribution in [0.3, 0.4) is 0 Å². The summed E-state index contributed by atoms with van der Waals surface area (Å²) in [5, 5.41) is 16.9. The van der Waals surface area contributed by atoms with E-state index in [9.17, 15) is 28.7 Å². The highest BCUT2D eigenvalue weighted by molar-refractivity contribution is 7.66. The van der Waals surface area contributed by atoms with Gasteiger partial charge in [0.05, 0.1) is 11.5 Å². The highest BCUT2D eigenvalue weighted by Crippen LogP contribution is 2.66. The first-order valence-electron chi connectivity index (χ1n) is 7.02. The van der Waals surface area contributed by atoms with Crippen LogP contribution in [0.15, 0.2) is 23.3 Å². The Morgan fingerprint density at radius 1 is 1.24 bits per heavy atom. The zero-order valence-corrected chi connectivity index (χ0v) is 16.9. The number of hydrogen-bond acceptors (Lipinski definition) is 10. The molecule has 0 saturated heterocycles. The van der Waals surface area contributed by atoms with Crippen LogP contribution < -0.4 is 5.32 Å². The number of hydrogen-bond donors (Lipinski definition) is 5. The van der Waals surface area contributed by atoms with Crippen LogP contribution in [0.5, 0.6) is 0 Å². The van der Waals surface area contributed by atoms with Crippen molar-refractivity contribution in [1.29, 1.82) is 0 Å². The fourth-order valence-electron chi connectivity index (χ4n) is 1.72. The Bertz CT molecular complexity index is 958. The molecule has 162 valence electrons. The van der Waals surface area contributed by atoms with Crippen molar-refractivity contribution in [3.05, 3.63) is 38.8 Å². The van der Waals surface area contributed by atoms with E-state index in [0.717, 1.165) is 6.07 Å². The molecule has 0 aliphatic heterocycles. The number of nitro groups is 1. The van der Waals surface area contributed by atoms with Crippen molar-refractivity contribution in [3.63, 3.8) is 0 Å². The maximum Gasteiger partial charge on any atom is 0.490 e. The third-order valence-electron chi connectivity index (χ3n) is 2.64. The van der Waals surface area contributed by atoms with Gasteiger partial charge in [0, 0.05) is 22.7 Å². The topological polar surface area (TPSA) is 264 Å². The lowest BCUT2D eigenvalue weighted by atomic mass is 10.2. The molecule has 0 saturated carbocycles. The summed E-state index contributed by atoms with van der Waals surface area (Å²) in [6.07, 6.45) is 0. The molecule has 0 fully saturated rings. The van der Waals surface area contributed by atoms with Crippen LogP contribution in [0, 0.1) is 10.1 Å². The summed E-state index contributed by atoms with van der Waals surface area (Å²) >= 11 is 0. The Morgan fingerprint density at radius 2 is 1.86 bits per heavy atom. The minimum atomic E-state index is -5.65. The molecule has 0 bridgehead atoms. The van der Waals surface area contributed by atoms with E-state index in [1.54, 1.807) is 0 Å². The van der Waals surface area contributed by atoms with Gasteiger partial charge in [0.2, 0.25) is 0 Å². The van der Waals surface area contributed by atoms with Crippen molar-refractivity contribution in [2.75, 3.05) is 11.9 Å². The van der Waals surface area contributed by atoms with Gasteiger partial charge >= 0.3 is 23.5 Å². The lowest BCUT2D eigenvalue weighted by Crippen LogP contribution is -2.21. The molecule has 0 aromatic heterocycles. The van der Waals surface area contributed by atoms with Crippen molar-refractivity contribution in [3.8, 4) is 0 Å². The minimum Gasteiger partial charge on any atom is -0.375 e. The van der Waals surface area contributed by atoms with Gasteiger partial charge in [0.25, 0.3) is 5.69 Å². The summed E-state index contributed by atoms with van der Waals surface area (Å²) in [7, 11) is -16.5. The van der Waals surface area contributed by atoms with E-state index >= 15 is 0 Å². The van der Waals surface area contributed by atoms with E-state index in [1.807, 2.05) is 0 Å². The number of nitro benzene ring substituents is 1. The van der Waals surface area contributed by atoms with E-state index in [4.69, 9.17) is 20.2 Å². The second-order valence-corrected chi connectivity index (χ2v) is 9.50. The van der Waals surface area contributed by atoms with E-state index in [1.165, 1.54) is 19.1 Å².